The number of rotatable bonds is 10. The van der Waals surface area contributed by atoms with E-state index in [-0.39, 0.29) is 6.54 Å². The van der Waals surface area contributed by atoms with Gasteiger partial charge in [-0.3, -0.25) is 4.48 Å². The van der Waals surface area contributed by atoms with E-state index in [1.54, 1.807) is 0 Å². The molecule has 1 atom stereocenters. The second kappa shape index (κ2) is 9.00. The lowest BCUT2D eigenvalue weighted by molar-refractivity contribution is -0.859. The number of alkyl halides is 6. The van der Waals surface area contributed by atoms with Gasteiger partial charge in [0.25, 0.3) is 0 Å². The molecule has 0 saturated carbocycles. The Morgan fingerprint density at radius 2 is 1.34 bits per heavy atom. The largest absolute Gasteiger partial charge is 0.504 e. The van der Waals surface area contributed by atoms with Gasteiger partial charge in [-0.1, -0.05) is 39.0 Å². The summed E-state index contributed by atoms with van der Waals surface area (Å²) in [6.07, 6.45) is 7.22. The predicted molar refractivity (Wildman–Crippen MR) is 94.0 cm³/mol. The van der Waals surface area contributed by atoms with Crippen molar-refractivity contribution in [2.24, 2.45) is 0 Å². The molecule has 1 aliphatic heterocycles. The lowest BCUT2D eigenvalue weighted by Gasteiger charge is -2.35. The summed E-state index contributed by atoms with van der Waals surface area (Å²) < 4.78 is 120. The highest BCUT2D eigenvalue weighted by atomic mass is 32.3. The summed E-state index contributed by atoms with van der Waals surface area (Å²) in [5.74, 6) is 0. The van der Waals surface area contributed by atoms with Crippen LogP contribution in [0.4, 0.5) is 26.3 Å². The van der Waals surface area contributed by atoms with Crippen molar-refractivity contribution in [3.63, 3.8) is 0 Å². The molecule has 0 bridgehead atoms. The Kier molecular flexibility index (Phi) is 8.07. The molecular formula is C15H25F6N2O4S2+. The molecule has 29 heavy (non-hydrogen) atoms. The first-order chi connectivity index (χ1) is 13.0. The third-order valence-corrected chi connectivity index (χ3v) is 9.40. The van der Waals surface area contributed by atoms with E-state index in [0.717, 1.165) is 51.6 Å². The lowest BCUT2D eigenvalue weighted by Crippen LogP contribution is -2.61. The SMILES string of the molecule is CCCCCCCCN1C=C[N+](C)(C(S(=O)(=O)C(F)(F)F)S(=O)(=O)C(F)(F)F)C1. The van der Waals surface area contributed by atoms with Crippen molar-refractivity contribution in [3.8, 4) is 0 Å². The molecule has 0 N–H and O–H groups in total. The van der Waals surface area contributed by atoms with Gasteiger partial charge in [0.05, 0.1) is 13.2 Å². The smallest absolute Gasteiger partial charge is 0.326 e. The highest BCUT2D eigenvalue weighted by Crippen LogP contribution is 2.41. The van der Waals surface area contributed by atoms with Crippen LogP contribution in [-0.4, -0.2) is 62.2 Å². The number of nitrogens with zero attached hydrogens (tertiary/aromatic N) is 2. The number of sulfone groups is 2. The number of hydrogen-bond donors (Lipinski definition) is 0. The van der Waals surface area contributed by atoms with Crippen LogP contribution in [0.15, 0.2) is 12.4 Å². The van der Waals surface area contributed by atoms with Crippen LogP contribution in [-0.2, 0) is 19.7 Å². The van der Waals surface area contributed by atoms with E-state index in [4.69, 9.17) is 0 Å². The first kappa shape index (κ1) is 26.0. The maximum Gasteiger partial charge on any atom is 0.504 e. The van der Waals surface area contributed by atoms with E-state index in [0.29, 0.717) is 6.42 Å². The Morgan fingerprint density at radius 3 is 1.79 bits per heavy atom. The molecule has 0 aliphatic carbocycles. The van der Waals surface area contributed by atoms with E-state index in [1.807, 2.05) is 6.92 Å². The van der Waals surface area contributed by atoms with E-state index >= 15 is 0 Å². The zero-order valence-corrected chi connectivity index (χ0v) is 17.6. The second-order valence-electron chi connectivity index (χ2n) is 7.16. The topological polar surface area (TPSA) is 71.5 Å². The summed E-state index contributed by atoms with van der Waals surface area (Å²) >= 11 is 0. The molecule has 1 aliphatic rings. The quantitative estimate of drug-likeness (QED) is 0.274. The summed E-state index contributed by atoms with van der Waals surface area (Å²) in [7, 11) is -12.7. The van der Waals surface area contributed by atoms with E-state index in [2.05, 4.69) is 0 Å². The highest BCUT2D eigenvalue weighted by Gasteiger charge is 2.70. The molecule has 14 heteroatoms. The molecule has 0 aromatic carbocycles. The molecule has 1 unspecified atom stereocenters. The maximum absolute atomic E-state index is 13.0. The maximum atomic E-state index is 13.0. The highest BCUT2D eigenvalue weighted by molar-refractivity contribution is 8.09. The molecule has 1 heterocycles. The fourth-order valence-corrected chi connectivity index (χ4v) is 7.13. The summed E-state index contributed by atoms with van der Waals surface area (Å²) in [6, 6.07) is 0. The van der Waals surface area contributed by atoms with Gasteiger partial charge in [0.15, 0.2) is 6.67 Å². The molecule has 0 radical (unpaired) electrons. The van der Waals surface area contributed by atoms with Gasteiger partial charge >= 0.3 is 35.4 Å². The fraction of sp³-hybridized carbons (Fsp3) is 0.867. The minimum Gasteiger partial charge on any atom is -0.326 e. The van der Waals surface area contributed by atoms with Gasteiger partial charge in [-0.25, -0.2) is 16.8 Å². The first-order valence-corrected chi connectivity index (χ1v) is 12.0. The Hall–Kier alpha value is -1.02. The van der Waals surface area contributed by atoms with E-state index in [9.17, 15) is 43.2 Å². The van der Waals surface area contributed by atoms with Crippen LogP contribution in [0, 0.1) is 0 Å². The third kappa shape index (κ3) is 5.78. The molecule has 0 aromatic rings. The van der Waals surface area contributed by atoms with Crippen LogP contribution in [0.25, 0.3) is 0 Å². The van der Waals surface area contributed by atoms with Crippen molar-refractivity contribution in [2.45, 2.75) is 61.2 Å². The molecule has 0 fully saturated rings. The molecular weight excluding hydrogens is 450 g/mol. The third-order valence-electron chi connectivity index (χ3n) is 4.56. The normalized spacial score (nSPS) is 21.3. The molecule has 0 saturated heterocycles. The second-order valence-corrected chi connectivity index (χ2v) is 11.5. The van der Waals surface area contributed by atoms with Crippen molar-refractivity contribution < 1.29 is 47.7 Å². The Bertz CT molecular complexity index is 749. The van der Waals surface area contributed by atoms with Crippen molar-refractivity contribution in [1.29, 1.82) is 0 Å². The van der Waals surface area contributed by atoms with E-state index < -0.39 is 46.5 Å². The number of quaternary nitrogens is 1. The molecule has 0 amide bonds. The predicted octanol–water partition coefficient (Wildman–Crippen LogP) is 3.69. The number of unbranched alkanes of at least 4 members (excludes halogenated alkanes) is 5. The summed E-state index contributed by atoms with van der Waals surface area (Å²) in [4.78, 5) is 1.32. The Balaban J connectivity index is 3.09. The summed E-state index contributed by atoms with van der Waals surface area (Å²) in [5.41, 5.74) is -12.3. The molecule has 1 rings (SSSR count). The van der Waals surface area contributed by atoms with Crippen molar-refractivity contribution in [1.82, 2.24) is 4.90 Å². The average Bonchev–Trinajstić information content (AvgIpc) is 2.89. The minimum absolute atomic E-state index is 0.251. The van der Waals surface area contributed by atoms with Gasteiger partial charge < -0.3 is 4.90 Å². The average molecular weight is 475 g/mol. The van der Waals surface area contributed by atoms with Crippen LogP contribution in [0.2, 0.25) is 0 Å². The van der Waals surface area contributed by atoms with Crippen molar-refractivity contribution in [2.75, 3.05) is 20.3 Å². The van der Waals surface area contributed by atoms with Crippen LogP contribution in [0.1, 0.15) is 45.4 Å². The molecule has 6 nitrogen and oxygen atoms in total. The van der Waals surface area contributed by atoms with Crippen molar-refractivity contribution in [3.05, 3.63) is 12.4 Å². The Morgan fingerprint density at radius 1 is 0.897 bits per heavy atom. The van der Waals surface area contributed by atoms with Crippen molar-refractivity contribution >= 4 is 19.7 Å². The monoisotopic (exact) mass is 475 g/mol. The zero-order valence-electron chi connectivity index (χ0n) is 16.0. The van der Waals surface area contributed by atoms with Crippen LogP contribution >= 0.6 is 0 Å². The first-order valence-electron chi connectivity index (χ1n) is 8.89. The van der Waals surface area contributed by atoms with Crippen LogP contribution in [0.3, 0.4) is 0 Å². The van der Waals surface area contributed by atoms with Crippen LogP contribution < -0.4 is 0 Å². The van der Waals surface area contributed by atoms with Gasteiger partial charge in [0.1, 0.15) is 6.20 Å². The van der Waals surface area contributed by atoms with E-state index in [1.165, 1.54) is 4.90 Å². The van der Waals surface area contributed by atoms with Crippen LogP contribution in [0.5, 0.6) is 0 Å². The number of halogens is 6. The summed E-state index contributed by atoms with van der Waals surface area (Å²) in [5, 5.41) is 0. The van der Waals surface area contributed by atoms with Gasteiger partial charge in [0, 0.05) is 6.54 Å². The molecule has 172 valence electrons. The van der Waals surface area contributed by atoms with Gasteiger partial charge in [-0.05, 0) is 6.42 Å². The lowest BCUT2D eigenvalue weighted by atomic mass is 10.1. The zero-order chi connectivity index (χ0) is 22.7. The number of hydrogen-bond acceptors (Lipinski definition) is 5. The van der Waals surface area contributed by atoms with Gasteiger partial charge in [-0.15, -0.1) is 0 Å². The molecule has 0 spiro atoms. The summed E-state index contributed by atoms with van der Waals surface area (Å²) in [6.45, 7) is 1.64. The Labute approximate surface area is 166 Å². The standard InChI is InChI=1S/C15H25F6N2O4S2/c1-3-4-5-6-7-8-9-22-10-11-23(2,12-22)13(28(24,25)14(16,17)18)29(26,27)15(19,20)21/h10-11,13H,3-9,12H2,1-2H3/q+1. The molecule has 0 aromatic heterocycles. The van der Waals surface area contributed by atoms with Gasteiger partial charge in [-0.2, -0.15) is 26.3 Å². The minimum atomic E-state index is -6.69. The fourth-order valence-electron chi connectivity index (χ4n) is 3.14. The van der Waals surface area contributed by atoms with Gasteiger partial charge in [0.2, 0.25) is 0 Å².